The zero-order chi connectivity index (χ0) is 33.6. The van der Waals surface area contributed by atoms with Crippen LogP contribution < -0.4 is 0 Å². The van der Waals surface area contributed by atoms with Crippen molar-refractivity contribution in [3.05, 3.63) is 0 Å². The van der Waals surface area contributed by atoms with Crippen molar-refractivity contribution in [2.24, 2.45) is 11.3 Å². The number of methoxy groups -OCH3 is 4. The van der Waals surface area contributed by atoms with Crippen LogP contribution in [-0.4, -0.2) is 111 Å². The molecule has 2 fully saturated rings. The van der Waals surface area contributed by atoms with Crippen LogP contribution in [0.15, 0.2) is 0 Å². The highest BCUT2D eigenvalue weighted by atomic mass is 35.5. The number of hydrogen-bond acceptors (Lipinski definition) is 12. The minimum absolute atomic E-state index is 0.0845. The summed E-state index contributed by atoms with van der Waals surface area (Å²) in [6.45, 7) is 12.4. The molecule has 0 spiro atoms. The van der Waals surface area contributed by atoms with Gasteiger partial charge >= 0.3 is 35.5 Å². The van der Waals surface area contributed by atoms with Gasteiger partial charge in [-0.3, -0.25) is 14.4 Å². The van der Waals surface area contributed by atoms with E-state index in [4.69, 9.17) is 23.7 Å². The number of ether oxygens (including phenoxy) is 6. The molecular formula is C28H47ClN2O12. The maximum absolute atomic E-state index is 12.0. The molecule has 0 saturated carbocycles. The van der Waals surface area contributed by atoms with Crippen molar-refractivity contribution in [1.82, 2.24) is 9.80 Å². The number of nitrogens with zero attached hydrogens (tertiary/aromatic N) is 2. The average molecular weight is 639 g/mol. The largest absolute Gasteiger partial charge is 0.469 e. The Morgan fingerprint density at radius 3 is 1.26 bits per heavy atom. The minimum atomic E-state index is -1.33. The van der Waals surface area contributed by atoms with Crippen LogP contribution in [-0.2, 0) is 42.8 Å². The van der Waals surface area contributed by atoms with Gasteiger partial charge < -0.3 is 38.2 Å². The number of halogens is 1. The fourth-order valence-corrected chi connectivity index (χ4v) is 4.07. The molecule has 0 aromatic carbocycles. The Balaban J connectivity index is 0.000000720. The van der Waals surface area contributed by atoms with Crippen molar-refractivity contribution in [2.45, 2.75) is 78.4 Å². The Kier molecular flexibility index (Phi) is 16.4. The Morgan fingerprint density at radius 1 is 0.628 bits per heavy atom. The van der Waals surface area contributed by atoms with Crippen molar-refractivity contribution in [3.63, 3.8) is 0 Å². The van der Waals surface area contributed by atoms with Gasteiger partial charge in [0.25, 0.3) is 0 Å². The van der Waals surface area contributed by atoms with Gasteiger partial charge in [-0.2, -0.15) is 0 Å². The van der Waals surface area contributed by atoms with Crippen molar-refractivity contribution in [2.75, 3.05) is 54.6 Å². The second-order valence-electron chi connectivity index (χ2n) is 11.7. The number of amides is 2. The topological polar surface area (TPSA) is 164 Å². The van der Waals surface area contributed by atoms with Gasteiger partial charge in [-0.25, -0.2) is 14.4 Å². The van der Waals surface area contributed by atoms with Crippen LogP contribution in [0.1, 0.15) is 67.2 Å². The van der Waals surface area contributed by atoms with E-state index in [2.05, 4.69) is 16.3 Å². The third kappa shape index (κ3) is 14.2. The first-order valence-electron chi connectivity index (χ1n) is 13.7. The second kappa shape index (κ2) is 17.7. The van der Waals surface area contributed by atoms with Crippen molar-refractivity contribution in [3.8, 4) is 0 Å². The summed E-state index contributed by atoms with van der Waals surface area (Å²) >= 11 is 4.60. The van der Waals surface area contributed by atoms with Gasteiger partial charge in [0, 0.05) is 37.8 Å². The lowest BCUT2D eigenvalue weighted by Crippen LogP contribution is -2.52. The van der Waals surface area contributed by atoms with Crippen LogP contribution in [0, 0.1) is 11.3 Å². The lowest BCUT2D eigenvalue weighted by molar-refractivity contribution is -0.172. The molecule has 0 unspecified atom stereocenters. The molecule has 0 atom stereocenters. The highest BCUT2D eigenvalue weighted by Gasteiger charge is 2.51. The molecule has 248 valence electrons. The number of likely N-dealkylation sites (tertiary alicyclic amines) is 2. The quantitative estimate of drug-likeness (QED) is 0.188. The van der Waals surface area contributed by atoms with Crippen molar-refractivity contribution >= 4 is 47.1 Å². The third-order valence-electron chi connectivity index (χ3n) is 6.26. The molecule has 0 aliphatic carbocycles. The van der Waals surface area contributed by atoms with E-state index in [1.807, 2.05) is 20.8 Å². The van der Waals surface area contributed by atoms with Gasteiger partial charge in [0.15, 0.2) is 5.41 Å². The molecule has 0 aromatic rings. The molecule has 15 heteroatoms. The molecule has 14 nitrogen and oxygen atoms in total. The molecule has 2 amide bonds. The summed E-state index contributed by atoms with van der Waals surface area (Å²) in [4.78, 5) is 71.4. The summed E-state index contributed by atoms with van der Waals surface area (Å²) in [6, 6.07) is 0. The van der Waals surface area contributed by atoms with Gasteiger partial charge in [-0.05, 0) is 67.2 Å². The number of carbonyl (C=O) groups is 6. The third-order valence-corrected chi connectivity index (χ3v) is 6.42. The Hall–Kier alpha value is -3.29. The van der Waals surface area contributed by atoms with E-state index >= 15 is 0 Å². The molecule has 0 bridgehead atoms. The fraction of sp³-hybridized carbons (Fsp3) is 0.786. The highest BCUT2D eigenvalue weighted by Crippen LogP contribution is 2.34. The van der Waals surface area contributed by atoms with Gasteiger partial charge in [-0.15, -0.1) is 0 Å². The predicted octanol–water partition coefficient (Wildman–Crippen LogP) is 4.15. The van der Waals surface area contributed by atoms with Crippen LogP contribution >= 0.6 is 11.6 Å². The van der Waals surface area contributed by atoms with Crippen LogP contribution in [0.4, 0.5) is 14.4 Å². The Morgan fingerprint density at radius 2 is 0.977 bits per heavy atom. The summed E-state index contributed by atoms with van der Waals surface area (Å²) < 4.78 is 28.5. The first-order chi connectivity index (χ1) is 19.8. The smallest absolute Gasteiger partial charge is 0.410 e. The summed E-state index contributed by atoms with van der Waals surface area (Å²) in [5.74, 6) is -1.52. The molecule has 0 radical (unpaired) electrons. The molecule has 2 aliphatic heterocycles. The van der Waals surface area contributed by atoms with E-state index in [0.717, 1.165) is 0 Å². The SMILES string of the molecule is COC(=O)C1(C(=O)OC)CCN(C(=O)OC(C)(C)C)CC1.COC(=O)C1CCN(C(=O)OC(C)(C)C)CC1.COC(=O)Cl. The van der Waals surface area contributed by atoms with Crippen LogP contribution in [0.5, 0.6) is 0 Å². The number of hydrogen-bond donors (Lipinski definition) is 0. The fourth-order valence-electron chi connectivity index (χ4n) is 4.07. The lowest BCUT2D eigenvalue weighted by atomic mass is 9.78. The van der Waals surface area contributed by atoms with Crippen LogP contribution in [0.3, 0.4) is 0 Å². The molecule has 2 rings (SSSR count). The molecule has 0 N–H and O–H groups in total. The second-order valence-corrected chi connectivity index (χ2v) is 12.0. The Bertz CT molecular complexity index is 940. The monoisotopic (exact) mass is 638 g/mol. The summed E-state index contributed by atoms with van der Waals surface area (Å²) in [7, 11) is 5.07. The van der Waals surface area contributed by atoms with Gasteiger partial charge in [0.2, 0.25) is 0 Å². The number of rotatable bonds is 3. The van der Waals surface area contributed by atoms with E-state index in [9.17, 15) is 28.8 Å². The first kappa shape index (κ1) is 39.7. The zero-order valence-electron chi connectivity index (χ0n) is 26.9. The number of piperidine rings is 2. The number of carbonyl (C=O) groups excluding carboxylic acids is 6. The maximum atomic E-state index is 12.0. The zero-order valence-corrected chi connectivity index (χ0v) is 27.7. The Labute approximate surface area is 258 Å². The van der Waals surface area contributed by atoms with E-state index in [0.29, 0.717) is 25.9 Å². The van der Waals surface area contributed by atoms with Gasteiger partial charge in [0.1, 0.15) is 11.2 Å². The van der Waals surface area contributed by atoms with Gasteiger partial charge in [0.05, 0.1) is 34.4 Å². The molecule has 43 heavy (non-hydrogen) atoms. The van der Waals surface area contributed by atoms with E-state index in [1.165, 1.54) is 33.3 Å². The van der Waals surface area contributed by atoms with Crippen LogP contribution in [0.2, 0.25) is 0 Å². The maximum Gasteiger partial charge on any atom is 0.410 e. The highest BCUT2D eigenvalue weighted by molar-refractivity contribution is 6.61. The predicted molar refractivity (Wildman–Crippen MR) is 154 cm³/mol. The van der Waals surface area contributed by atoms with Crippen LogP contribution in [0.25, 0.3) is 0 Å². The van der Waals surface area contributed by atoms with Crippen molar-refractivity contribution in [1.29, 1.82) is 0 Å². The molecule has 2 heterocycles. The molecular weight excluding hydrogens is 592 g/mol. The first-order valence-corrected chi connectivity index (χ1v) is 14.1. The van der Waals surface area contributed by atoms with E-state index < -0.39 is 40.1 Å². The summed E-state index contributed by atoms with van der Waals surface area (Å²) in [6.07, 6.45) is 0.848. The van der Waals surface area contributed by atoms with Gasteiger partial charge in [-0.1, -0.05) is 0 Å². The molecule has 2 aliphatic rings. The van der Waals surface area contributed by atoms with Crippen molar-refractivity contribution < 1.29 is 57.2 Å². The minimum Gasteiger partial charge on any atom is -0.469 e. The molecule has 2 saturated heterocycles. The average Bonchev–Trinajstić information content (AvgIpc) is 2.94. The lowest BCUT2D eigenvalue weighted by Gasteiger charge is -2.37. The summed E-state index contributed by atoms with van der Waals surface area (Å²) in [5, 5.41) is 0. The summed E-state index contributed by atoms with van der Waals surface area (Å²) in [5.41, 5.74) is -3.17. The van der Waals surface area contributed by atoms with E-state index in [-0.39, 0.29) is 43.9 Å². The van der Waals surface area contributed by atoms with E-state index in [1.54, 1.807) is 25.7 Å². The normalized spacial score (nSPS) is 16.5. The number of esters is 3. The molecule has 0 aromatic heterocycles. The standard InChI is InChI=1S/C14H23NO6.C12H21NO4.C2H3ClO2/c1-13(2,3)21-12(18)15-8-6-14(7-9-15,10(16)19-4)11(17)20-5;1-12(2,3)17-11(15)13-7-5-9(6-8-13)10(14)16-4;1-5-2(3)4/h6-9H2,1-5H3;9H,5-8H2,1-4H3;1H3.